The first kappa shape index (κ1) is 15.9. The van der Waals surface area contributed by atoms with Gasteiger partial charge in [-0.25, -0.2) is 4.39 Å². The average molecular weight is 268 g/mol. The maximum atomic E-state index is 13.7. The Hall–Kier alpha value is -1.13. The molecule has 1 rings (SSSR count). The number of hydrogen-bond acceptors (Lipinski definition) is 3. The molecule has 1 aromatic rings. The average Bonchev–Trinajstić information content (AvgIpc) is 2.27. The first-order chi connectivity index (χ1) is 8.65. The highest BCUT2D eigenvalue weighted by molar-refractivity contribution is 5.57. The summed E-state index contributed by atoms with van der Waals surface area (Å²) in [6, 6.07) is 3.06. The summed E-state index contributed by atoms with van der Waals surface area (Å²) >= 11 is 0. The van der Waals surface area contributed by atoms with Crippen molar-refractivity contribution in [3.05, 3.63) is 29.1 Å². The largest absolute Gasteiger partial charge is 0.389 e. The van der Waals surface area contributed by atoms with Crippen molar-refractivity contribution in [2.75, 3.05) is 18.0 Å². The van der Waals surface area contributed by atoms with Gasteiger partial charge >= 0.3 is 0 Å². The summed E-state index contributed by atoms with van der Waals surface area (Å²) in [7, 11) is 0. The Labute approximate surface area is 115 Å². The van der Waals surface area contributed by atoms with E-state index in [4.69, 9.17) is 5.73 Å². The van der Waals surface area contributed by atoms with Crippen molar-refractivity contribution < 1.29 is 9.50 Å². The van der Waals surface area contributed by atoms with E-state index in [1.165, 1.54) is 6.07 Å². The lowest BCUT2D eigenvalue weighted by molar-refractivity contribution is 0.0875. The van der Waals surface area contributed by atoms with Crippen LogP contribution in [0.4, 0.5) is 10.1 Å². The lowest BCUT2D eigenvalue weighted by Crippen LogP contribution is -2.39. The number of anilines is 1. The van der Waals surface area contributed by atoms with Gasteiger partial charge < -0.3 is 15.7 Å². The Balaban J connectivity index is 3.25. The number of benzene rings is 1. The molecule has 0 spiro atoms. The minimum absolute atomic E-state index is 0.240. The number of nitrogens with zero attached hydrogens (tertiary/aromatic N) is 1. The zero-order chi connectivity index (χ0) is 14.8. The number of hydrogen-bond donors (Lipinski definition) is 2. The van der Waals surface area contributed by atoms with E-state index in [0.717, 1.165) is 17.8 Å². The lowest BCUT2D eigenvalue weighted by Gasteiger charge is -2.32. The summed E-state index contributed by atoms with van der Waals surface area (Å²) in [5.41, 5.74) is 7.39. The molecule has 1 aromatic carbocycles. The number of nitrogens with two attached hydrogens (primary N) is 1. The predicted octanol–water partition coefficient (Wildman–Crippen LogP) is 2.75. The highest BCUT2D eigenvalue weighted by Crippen LogP contribution is 2.29. The van der Waals surface area contributed by atoms with E-state index in [9.17, 15) is 9.50 Å². The van der Waals surface area contributed by atoms with Gasteiger partial charge in [-0.05, 0) is 57.9 Å². The van der Waals surface area contributed by atoms with Crippen molar-refractivity contribution in [3.63, 3.8) is 0 Å². The van der Waals surface area contributed by atoms with Crippen molar-refractivity contribution >= 4 is 5.69 Å². The molecule has 0 amide bonds. The summed E-state index contributed by atoms with van der Waals surface area (Å²) in [5, 5.41) is 9.99. The maximum Gasteiger partial charge on any atom is 0.126 e. The molecule has 0 saturated carbocycles. The van der Waals surface area contributed by atoms with Crippen LogP contribution >= 0.6 is 0 Å². The molecule has 0 saturated heterocycles. The van der Waals surface area contributed by atoms with Gasteiger partial charge in [0, 0.05) is 24.8 Å². The Morgan fingerprint density at radius 1 is 1.42 bits per heavy atom. The molecule has 1 atom stereocenters. The number of aryl methyl sites for hydroxylation is 1. The first-order valence-corrected chi connectivity index (χ1v) is 6.68. The third-order valence-corrected chi connectivity index (χ3v) is 3.10. The summed E-state index contributed by atoms with van der Waals surface area (Å²) in [6.45, 7) is 10.3. The second kappa shape index (κ2) is 5.88. The number of aliphatic hydroxyl groups is 1. The van der Waals surface area contributed by atoms with Gasteiger partial charge in [0.1, 0.15) is 5.82 Å². The smallest absolute Gasteiger partial charge is 0.126 e. The fourth-order valence-electron chi connectivity index (χ4n) is 2.15. The third-order valence-electron chi connectivity index (χ3n) is 3.10. The zero-order valence-corrected chi connectivity index (χ0v) is 12.5. The number of rotatable bonds is 5. The topological polar surface area (TPSA) is 49.5 Å². The highest BCUT2D eigenvalue weighted by Gasteiger charge is 2.21. The molecule has 0 aliphatic carbocycles. The van der Waals surface area contributed by atoms with Gasteiger partial charge in [0.2, 0.25) is 0 Å². The molecule has 108 valence electrons. The van der Waals surface area contributed by atoms with E-state index in [0.29, 0.717) is 12.1 Å². The number of likely N-dealkylation sites (N-methyl/N-ethyl adjacent to an activating group) is 1. The molecular formula is C15H25FN2O. The molecule has 0 aromatic heterocycles. The van der Waals surface area contributed by atoms with E-state index >= 15 is 0 Å². The monoisotopic (exact) mass is 268 g/mol. The lowest BCUT2D eigenvalue weighted by atomic mass is 10.0. The molecule has 0 heterocycles. The molecular weight excluding hydrogens is 243 g/mol. The van der Waals surface area contributed by atoms with Crippen LogP contribution in [-0.2, 0) is 0 Å². The Kier molecular flexibility index (Phi) is 4.93. The van der Waals surface area contributed by atoms with Crippen molar-refractivity contribution in [1.82, 2.24) is 0 Å². The van der Waals surface area contributed by atoms with Crippen molar-refractivity contribution in [3.8, 4) is 0 Å². The normalized spacial score (nSPS) is 13.5. The van der Waals surface area contributed by atoms with E-state index in [-0.39, 0.29) is 11.9 Å². The number of halogens is 1. The highest BCUT2D eigenvalue weighted by atomic mass is 19.1. The van der Waals surface area contributed by atoms with Crippen LogP contribution in [0.2, 0.25) is 0 Å². The van der Waals surface area contributed by atoms with Crippen LogP contribution in [0.1, 0.15) is 44.9 Å². The maximum absolute atomic E-state index is 13.7. The van der Waals surface area contributed by atoms with Crippen molar-refractivity contribution in [2.24, 2.45) is 5.73 Å². The first-order valence-electron chi connectivity index (χ1n) is 6.68. The minimum atomic E-state index is -0.812. The van der Waals surface area contributed by atoms with Crippen LogP contribution in [0.25, 0.3) is 0 Å². The van der Waals surface area contributed by atoms with Crippen LogP contribution in [0.3, 0.4) is 0 Å². The molecule has 3 N–H and O–H groups in total. The van der Waals surface area contributed by atoms with Gasteiger partial charge in [-0.2, -0.15) is 0 Å². The molecule has 0 aliphatic heterocycles. The molecule has 0 unspecified atom stereocenters. The van der Waals surface area contributed by atoms with E-state index in [1.54, 1.807) is 20.8 Å². The van der Waals surface area contributed by atoms with Gasteiger partial charge in [0.25, 0.3) is 0 Å². The standard InChI is InChI=1S/C15H25FN2O/c1-6-18(9-15(4,5)19)14-7-10(2)13(16)8-12(14)11(3)17/h7-8,11,19H,6,9,17H2,1-5H3/t11-/m1/s1. The van der Waals surface area contributed by atoms with Crippen molar-refractivity contribution in [2.45, 2.75) is 46.3 Å². The summed E-state index contributed by atoms with van der Waals surface area (Å²) < 4.78 is 13.7. The molecule has 4 heteroatoms. The molecule has 0 fully saturated rings. The quantitative estimate of drug-likeness (QED) is 0.863. The van der Waals surface area contributed by atoms with Gasteiger partial charge in [0.15, 0.2) is 0 Å². The zero-order valence-electron chi connectivity index (χ0n) is 12.5. The van der Waals surface area contributed by atoms with Crippen LogP contribution in [0.15, 0.2) is 12.1 Å². The summed E-state index contributed by atoms with van der Waals surface area (Å²) in [6.07, 6.45) is 0. The van der Waals surface area contributed by atoms with Gasteiger partial charge in [-0.15, -0.1) is 0 Å². The van der Waals surface area contributed by atoms with Crippen molar-refractivity contribution in [1.29, 1.82) is 0 Å². The summed E-state index contributed by atoms with van der Waals surface area (Å²) in [4.78, 5) is 2.03. The Bertz CT molecular complexity index is 439. The Morgan fingerprint density at radius 2 is 2.00 bits per heavy atom. The van der Waals surface area contributed by atoms with E-state index < -0.39 is 5.60 Å². The molecule has 0 radical (unpaired) electrons. The second-order valence-electron chi connectivity index (χ2n) is 5.78. The second-order valence-corrected chi connectivity index (χ2v) is 5.78. The van der Waals surface area contributed by atoms with Gasteiger partial charge in [-0.3, -0.25) is 0 Å². The SMILES string of the molecule is CCN(CC(C)(C)O)c1cc(C)c(F)cc1[C@@H](C)N. The fourth-order valence-corrected chi connectivity index (χ4v) is 2.15. The predicted molar refractivity (Wildman–Crippen MR) is 77.9 cm³/mol. The molecule has 3 nitrogen and oxygen atoms in total. The third kappa shape index (κ3) is 4.18. The van der Waals surface area contributed by atoms with Crippen LogP contribution < -0.4 is 10.6 Å². The van der Waals surface area contributed by atoms with Crippen LogP contribution in [0.5, 0.6) is 0 Å². The fraction of sp³-hybridized carbons (Fsp3) is 0.600. The molecule has 0 aliphatic rings. The minimum Gasteiger partial charge on any atom is -0.389 e. The molecule has 0 bridgehead atoms. The van der Waals surface area contributed by atoms with Crippen LogP contribution in [0, 0.1) is 12.7 Å². The van der Waals surface area contributed by atoms with Gasteiger partial charge in [-0.1, -0.05) is 0 Å². The molecule has 19 heavy (non-hydrogen) atoms. The van der Waals surface area contributed by atoms with E-state index in [1.807, 2.05) is 24.8 Å². The Morgan fingerprint density at radius 3 is 2.42 bits per heavy atom. The van der Waals surface area contributed by atoms with Crippen LogP contribution in [-0.4, -0.2) is 23.8 Å². The van der Waals surface area contributed by atoms with Gasteiger partial charge in [0.05, 0.1) is 5.60 Å². The van der Waals surface area contributed by atoms with E-state index in [2.05, 4.69) is 0 Å². The summed E-state index contributed by atoms with van der Waals surface area (Å²) in [5.74, 6) is -0.240.